The molecule has 1 aromatic rings. The fraction of sp³-hybridized carbons (Fsp3) is 0.533. The van der Waals surface area contributed by atoms with E-state index in [1.54, 1.807) is 0 Å². The van der Waals surface area contributed by atoms with Crippen LogP contribution in [-0.4, -0.2) is 51.2 Å². The summed E-state index contributed by atoms with van der Waals surface area (Å²) in [5.74, 6) is 1.53. The molecule has 0 atom stereocenters. The van der Waals surface area contributed by atoms with Gasteiger partial charge in [0.2, 0.25) is 5.91 Å². The summed E-state index contributed by atoms with van der Waals surface area (Å²) < 4.78 is 11.2. The maximum absolute atomic E-state index is 11.8. The van der Waals surface area contributed by atoms with Crippen molar-refractivity contribution in [2.45, 2.75) is 12.8 Å². The van der Waals surface area contributed by atoms with Crippen molar-refractivity contribution in [3.05, 3.63) is 23.8 Å². The summed E-state index contributed by atoms with van der Waals surface area (Å²) in [5, 5.41) is 2.90. The van der Waals surface area contributed by atoms with Crippen LogP contribution in [0, 0.1) is 0 Å². The lowest BCUT2D eigenvalue weighted by Gasteiger charge is -2.11. The highest BCUT2D eigenvalue weighted by Crippen LogP contribution is 2.30. The highest BCUT2D eigenvalue weighted by atomic mass is 16.5. The minimum Gasteiger partial charge on any atom is -0.490 e. The van der Waals surface area contributed by atoms with Crippen molar-refractivity contribution >= 4 is 5.91 Å². The second-order valence-electron chi connectivity index (χ2n) is 5.16. The Kier molecular flexibility index (Phi) is 5.24. The second kappa shape index (κ2) is 7.14. The number of benzene rings is 1. The average molecular weight is 278 g/mol. The molecule has 1 amide bonds. The van der Waals surface area contributed by atoms with Gasteiger partial charge in [-0.3, -0.25) is 4.79 Å². The summed E-state index contributed by atoms with van der Waals surface area (Å²) in [6.45, 7) is 2.84. The van der Waals surface area contributed by atoms with Gasteiger partial charge in [0.25, 0.3) is 0 Å². The molecular weight excluding hydrogens is 256 g/mol. The minimum absolute atomic E-state index is 0.0290. The molecule has 5 heteroatoms. The van der Waals surface area contributed by atoms with E-state index < -0.39 is 0 Å². The van der Waals surface area contributed by atoms with Gasteiger partial charge >= 0.3 is 0 Å². The topological polar surface area (TPSA) is 50.8 Å². The van der Waals surface area contributed by atoms with Gasteiger partial charge < -0.3 is 19.7 Å². The number of carbonyl (C=O) groups is 1. The first-order chi connectivity index (χ1) is 9.65. The minimum atomic E-state index is 0.0290. The molecule has 0 bridgehead atoms. The molecule has 1 aliphatic heterocycles. The van der Waals surface area contributed by atoms with E-state index >= 15 is 0 Å². The number of carbonyl (C=O) groups excluding carboxylic acids is 1. The largest absolute Gasteiger partial charge is 0.490 e. The van der Waals surface area contributed by atoms with Crippen LogP contribution in [0.5, 0.6) is 11.5 Å². The molecule has 0 saturated heterocycles. The predicted molar refractivity (Wildman–Crippen MR) is 77.3 cm³/mol. The van der Waals surface area contributed by atoms with Gasteiger partial charge in [-0.1, -0.05) is 6.07 Å². The first kappa shape index (κ1) is 14.7. The number of hydrogen-bond acceptors (Lipinski definition) is 4. The molecule has 0 radical (unpaired) electrons. The normalized spacial score (nSPS) is 13.9. The predicted octanol–water partition coefficient (Wildman–Crippen LogP) is 1.07. The number of amides is 1. The van der Waals surface area contributed by atoms with Gasteiger partial charge in [0.05, 0.1) is 19.6 Å². The number of nitrogens with zero attached hydrogens (tertiary/aromatic N) is 1. The summed E-state index contributed by atoms with van der Waals surface area (Å²) in [6, 6.07) is 5.69. The zero-order chi connectivity index (χ0) is 14.4. The van der Waals surface area contributed by atoms with Crippen molar-refractivity contribution < 1.29 is 14.3 Å². The van der Waals surface area contributed by atoms with Crippen molar-refractivity contribution in [1.29, 1.82) is 0 Å². The van der Waals surface area contributed by atoms with Crippen LogP contribution in [0.1, 0.15) is 12.0 Å². The van der Waals surface area contributed by atoms with Crippen LogP contribution >= 0.6 is 0 Å². The molecule has 20 heavy (non-hydrogen) atoms. The Morgan fingerprint density at radius 2 is 2.00 bits per heavy atom. The van der Waals surface area contributed by atoms with E-state index in [0.29, 0.717) is 26.2 Å². The summed E-state index contributed by atoms with van der Waals surface area (Å²) >= 11 is 0. The van der Waals surface area contributed by atoms with Crippen LogP contribution in [0.4, 0.5) is 0 Å². The van der Waals surface area contributed by atoms with Crippen LogP contribution in [-0.2, 0) is 11.2 Å². The standard InChI is InChI=1S/C15H22N2O3/c1-17(2)7-6-16-15(18)11-12-4-5-13-14(10-12)20-9-3-8-19-13/h4-5,10H,3,6-9,11H2,1-2H3,(H,16,18). The molecule has 0 spiro atoms. The zero-order valence-electron chi connectivity index (χ0n) is 12.1. The number of hydrogen-bond donors (Lipinski definition) is 1. The molecule has 0 fully saturated rings. The molecule has 1 aromatic carbocycles. The Bertz CT molecular complexity index is 460. The number of nitrogens with one attached hydrogen (secondary N) is 1. The molecule has 1 heterocycles. The molecule has 1 N–H and O–H groups in total. The van der Waals surface area contributed by atoms with E-state index in [1.807, 2.05) is 37.2 Å². The summed E-state index contributed by atoms with van der Waals surface area (Å²) in [5.41, 5.74) is 0.941. The fourth-order valence-electron chi connectivity index (χ4n) is 1.98. The van der Waals surface area contributed by atoms with Crippen molar-refractivity contribution in [1.82, 2.24) is 10.2 Å². The number of ether oxygens (including phenoxy) is 2. The lowest BCUT2D eigenvalue weighted by atomic mass is 10.1. The Morgan fingerprint density at radius 3 is 2.75 bits per heavy atom. The Labute approximate surface area is 119 Å². The van der Waals surface area contributed by atoms with Gasteiger partial charge in [-0.2, -0.15) is 0 Å². The molecule has 110 valence electrons. The van der Waals surface area contributed by atoms with E-state index in [9.17, 15) is 4.79 Å². The van der Waals surface area contributed by atoms with Crippen molar-refractivity contribution in [2.24, 2.45) is 0 Å². The van der Waals surface area contributed by atoms with Crippen molar-refractivity contribution in [3.63, 3.8) is 0 Å². The van der Waals surface area contributed by atoms with Gasteiger partial charge in [-0.25, -0.2) is 0 Å². The molecule has 2 rings (SSSR count). The third-order valence-corrected chi connectivity index (χ3v) is 3.06. The summed E-state index contributed by atoms with van der Waals surface area (Å²) in [7, 11) is 3.96. The van der Waals surface area contributed by atoms with Crippen molar-refractivity contribution in [2.75, 3.05) is 40.4 Å². The monoisotopic (exact) mass is 278 g/mol. The lowest BCUT2D eigenvalue weighted by molar-refractivity contribution is -0.120. The lowest BCUT2D eigenvalue weighted by Crippen LogP contribution is -2.32. The first-order valence-corrected chi connectivity index (χ1v) is 6.95. The second-order valence-corrected chi connectivity index (χ2v) is 5.16. The first-order valence-electron chi connectivity index (χ1n) is 6.95. The van der Waals surface area contributed by atoms with E-state index in [-0.39, 0.29) is 5.91 Å². The van der Waals surface area contributed by atoms with E-state index in [2.05, 4.69) is 5.32 Å². The van der Waals surface area contributed by atoms with Crippen LogP contribution in [0.2, 0.25) is 0 Å². The number of likely N-dealkylation sites (N-methyl/N-ethyl adjacent to an activating group) is 1. The van der Waals surface area contributed by atoms with Crippen LogP contribution in [0.3, 0.4) is 0 Å². The van der Waals surface area contributed by atoms with Gasteiger partial charge in [0.1, 0.15) is 0 Å². The molecule has 1 aliphatic rings. The van der Waals surface area contributed by atoms with E-state index in [4.69, 9.17) is 9.47 Å². The molecule has 0 aliphatic carbocycles. The summed E-state index contributed by atoms with van der Waals surface area (Å²) in [6.07, 6.45) is 1.25. The van der Waals surface area contributed by atoms with E-state index in [1.165, 1.54) is 0 Å². The van der Waals surface area contributed by atoms with Gasteiger partial charge in [0, 0.05) is 19.5 Å². The summed E-state index contributed by atoms with van der Waals surface area (Å²) in [4.78, 5) is 13.9. The van der Waals surface area contributed by atoms with Gasteiger partial charge in [-0.15, -0.1) is 0 Å². The average Bonchev–Trinajstić information content (AvgIpc) is 2.62. The third-order valence-electron chi connectivity index (χ3n) is 3.06. The molecule has 0 unspecified atom stereocenters. The molecular formula is C15H22N2O3. The molecule has 0 saturated carbocycles. The smallest absolute Gasteiger partial charge is 0.224 e. The van der Waals surface area contributed by atoms with Crippen molar-refractivity contribution in [3.8, 4) is 11.5 Å². The number of fused-ring (bicyclic) bond motifs is 1. The van der Waals surface area contributed by atoms with Crippen LogP contribution in [0.25, 0.3) is 0 Å². The molecule has 5 nitrogen and oxygen atoms in total. The zero-order valence-corrected chi connectivity index (χ0v) is 12.1. The SMILES string of the molecule is CN(C)CCNC(=O)Cc1ccc2c(c1)OCCCO2. The van der Waals surface area contributed by atoms with Crippen LogP contribution in [0.15, 0.2) is 18.2 Å². The van der Waals surface area contributed by atoms with Gasteiger partial charge in [-0.05, 0) is 31.8 Å². The van der Waals surface area contributed by atoms with Gasteiger partial charge in [0.15, 0.2) is 11.5 Å². The maximum Gasteiger partial charge on any atom is 0.224 e. The highest BCUT2D eigenvalue weighted by molar-refractivity contribution is 5.78. The number of rotatable bonds is 5. The van der Waals surface area contributed by atoms with Crippen LogP contribution < -0.4 is 14.8 Å². The Hall–Kier alpha value is -1.75. The maximum atomic E-state index is 11.8. The highest BCUT2D eigenvalue weighted by Gasteiger charge is 2.12. The molecule has 0 aromatic heterocycles. The third kappa shape index (κ3) is 4.42. The van der Waals surface area contributed by atoms with E-state index in [0.717, 1.165) is 30.0 Å². The fourth-order valence-corrected chi connectivity index (χ4v) is 1.98. The quantitative estimate of drug-likeness (QED) is 0.875. The Morgan fingerprint density at radius 1 is 1.25 bits per heavy atom. The Balaban J connectivity index is 1.89.